The molecule has 2 aromatic carbocycles. The van der Waals surface area contributed by atoms with Gasteiger partial charge in [-0.3, -0.25) is 14.6 Å². The number of nitriles is 1. The van der Waals surface area contributed by atoms with Gasteiger partial charge in [0, 0.05) is 37.0 Å². The highest BCUT2D eigenvalue weighted by molar-refractivity contribution is 6.07. The first-order chi connectivity index (χ1) is 17.0. The summed E-state index contributed by atoms with van der Waals surface area (Å²) in [7, 11) is 0. The van der Waals surface area contributed by atoms with Gasteiger partial charge in [-0.15, -0.1) is 0 Å². The molecule has 1 aliphatic heterocycles. The number of carbonyl (C=O) groups excluding carboxylic acids is 2. The fraction of sp³-hybridized carbons (Fsp3) is 0.179. The van der Waals surface area contributed by atoms with Gasteiger partial charge in [-0.25, -0.2) is 4.98 Å². The van der Waals surface area contributed by atoms with Crippen molar-refractivity contribution in [1.82, 2.24) is 10.3 Å². The number of nitrogens with one attached hydrogen (secondary N) is 2. The third-order valence-electron chi connectivity index (χ3n) is 5.76. The van der Waals surface area contributed by atoms with Crippen molar-refractivity contribution in [2.45, 2.75) is 25.3 Å². The van der Waals surface area contributed by atoms with E-state index in [4.69, 9.17) is 5.26 Å². The third kappa shape index (κ3) is 6.14. The summed E-state index contributed by atoms with van der Waals surface area (Å²) in [6.45, 7) is 2.63. The standard InChI is InChI=1S/C28H25N5O2/c1-19(21-9-7-20(16-29)8-10-21)17-32-27(22-5-3-2-4-6-22)28(35)33-26-12-11-23(18-31-26)25-15-24(34)13-14-30-25/h2-12,14-15,18-19,27,32H,13,17H2,1H3,(H,31,33,35). The predicted octanol–water partition coefficient (Wildman–Crippen LogP) is 4.41. The average Bonchev–Trinajstić information content (AvgIpc) is 2.90. The van der Waals surface area contributed by atoms with Crippen molar-refractivity contribution in [3.63, 3.8) is 0 Å². The maximum Gasteiger partial charge on any atom is 0.247 e. The van der Waals surface area contributed by atoms with Crippen molar-refractivity contribution >= 4 is 29.4 Å². The lowest BCUT2D eigenvalue weighted by Crippen LogP contribution is -2.35. The van der Waals surface area contributed by atoms with E-state index >= 15 is 0 Å². The van der Waals surface area contributed by atoms with Crippen LogP contribution in [0.2, 0.25) is 0 Å². The molecule has 3 aromatic rings. The summed E-state index contributed by atoms with van der Waals surface area (Å²) in [4.78, 5) is 33.5. The van der Waals surface area contributed by atoms with Crippen molar-refractivity contribution in [2.75, 3.05) is 11.9 Å². The minimum absolute atomic E-state index is 0.000563. The molecule has 35 heavy (non-hydrogen) atoms. The molecule has 7 nitrogen and oxygen atoms in total. The third-order valence-corrected chi connectivity index (χ3v) is 5.76. The quantitative estimate of drug-likeness (QED) is 0.515. The zero-order valence-electron chi connectivity index (χ0n) is 19.3. The molecule has 1 aromatic heterocycles. The number of anilines is 1. The van der Waals surface area contributed by atoms with Crippen LogP contribution in [0.25, 0.3) is 5.70 Å². The smallest absolute Gasteiger partial charge is 0.247 e. The summed E-state index contributed by atoms with van der Waals surface area (Å²) in [6.07, 6.45) is 4.99. The van der Waals surface area contributed by atoms with Gasteiger partial charge >= 0.3 is 0 Å². The Labute approximate surface area is 204 Å². The van der Waals surface area contributed by atoms with Gasteiger partial charge in [0.05, 0.1) is 17.3 Å². The van der Waals surface area contributed by atoms with Gasteiger partial charge in [0.25, 0.3) is 0 Å². The highest BCUT2D eigenvalue weighted by Gasteiger charge is 2.22. The minimum atomic E-state index is -0.582. The number of hydrogen-bond donors (Lipinski definition) is 2. The lowest BCUT2D eigenvalue weighted by atomic mass is 9.98. The second kappa shape index (κ2) is 11.1. The van der Waals surface area contributed by atoms with Crippen LogP contribution < -0.4 is 10.6 Å². The molecule has 174 valence electrons. The molecule has 4 rings (SSSR count). The van der Waals surface area contributed by atoms with Crippen LogP contribution in [0.4, 0.5) is 5.82 Å². The van der Waals surface area contributed by atoms with E-state index in [2.05, 4.69) is 33.6 Å². The molecular formula is C28H25N5O2. The Morgan fingerprint density at radius 3 is 2.49 bits per heavy atom. The molecule has 2 atom stereocenters. The van der Waals surface area contributed by atoms with Crippen LogP contribution >= 0.6 is 0 Å². The minimum Gasteiger partial charge on any atom is -0.309 e. The van der Waals surface area contributed by atoms with Crippen LogP contribution in [0.3, 0.4) is 0 Å². The number of amides is 1. The zero-order chi connectivity index (χ0) is 24.6. The Morgan fingerprint density at radius 2 is 1.83 bits per heavy atom. The van der Waals surface area contributed by atoms with Gasteiger partial charge in [0.2, 0.25) is 5.91 Å². The highest BCUT2D eigenvalue weighted by atomic mass is 16.2. The van der Waals surface area contributed by atoms with E-state index in [1.807, 2.05) is 42.5 Å². The first-order valence-electron chi connectivity index (χ1n) is 11.4. The van der Waals surface area contributed by atoms with E-state index in [-0.39, 0.29) is 17.6 Å². The SMILES string of the molecule is CC(CNC(C(=O)Nc1ccc(C2=CC(=O)CC=N2)cn1)c1ccccc1)c1ccc(C#N)cc1. The van der Waals surface area contributed by atoms with Crippen LogP contribution in [-0.4, -0.2) is 29.4 Å². The number of pyridine rings is 1. The van der Waals surface area contributed by atoms with E-state index in [0.717, 1.165) is 11.1 Å². The van der Waals surface area contributed by atoms with Gasteiger partial charge in [0.15, 0.2) is 5.78 Å². The molecule has 0 spiro atoms. The molecule has 0 saturated heterocycles. The van der Waals surface area contributed by atoms with E-state index in [1.54, 1.807) is 36.7 Å². The van der Waals surface area contributed by atoms with Crippen molar-refractivity contribution < 1.29 is 9.59 Å². The Kier molecular flexibility index (Phi) is 7.56. The lowest BCUT2D eigenvalue weighted by molar-refractivity contribution is -0.118. The second-order valence-electron chi connectivity index (χ2n) is 8.32. The molecule has 1 amide bonds. The van der Waals surface area contributed by atoms with Crippen molar-refractivity contribution in [3.8, 4) is 6.07 Å². The Balaban J connectivity index is 1.45. The molecule has 0 radical (unpaired) electrons. The number of nitrogens with zero attached hydrogens (tertiary/aromatic N) is 3. The fourth-order valence-electron chi connectivity index (χ4n) is 3.76. The monoisotopic (exact) mass is 463 g/mol. The van der Waals surface area contributed by atoms with Crippen LogP contribution in [-0.2, 0) is 9.59 Å². The number of aliphatic imine (C=N–C) groups is 1. The molecule has 0 saturated carbocycles. The number of benzene rings is 2. The predicted molar refractivity (Wildman–Crippen MR) is 136 cm³/mol. The highest BCUT2D eigenvalue weighted by Crippen LogP contribution is 2.21. The normalized spacial score (nSPS) is 14.5. The van der Waals surface area contributed by atoms with Crippen molar-refractivity contribution in [2.24, 2.45) is 4.99 Å². The number of carbonyl (C=O) groups is 2. The summed E-state index contributed by atoms with van der Waals surface area (Å²) < 4.78 is 0. The van der Waals surface area contributed by atoms with Crippen LogP contribution in [0.5, 0.6) is 0 Å². The van der Waals surface area contributed by atoms with E-state index in [1.165, 1.54) is 6.08 Å². The average molecular weight is 464 g/mol. The first kappa shape index (κ1) is 23.7. The van der Waals surface area contributed by atoms with Crippen molar-refractivity contribution in [3.05, 3.63) is 101 Å². The maximum absolute atomic E-state index is 13.2. The zero-order valence-corrected chi connectivity index (χ0v) is 19.3. The molecule has 2 unspecified atom stereocenters. The number of hydrogen-bond acceptors (Lipinski definition) is 6. The van der Waals surface area contributed by atoms with Crippen LogP contribution in [0.15, 0.2) is 84.0 Å². The van der Waals surface area contributed by atoms with Gasteiger partial charge in [-0.1, -0.05) is 49.4 Å². The number of rotatable bonds is 8. The number of allylic oxidation sites excluding steroid dienone is 1. The molecule has 0 fully saturated rings. The fourth-order valence-corrected chi connectivity index (χ4v) is 3.76. The number of aromatic nitrogens is 1. The van der Waals surface area contributed by atoms with Gasteiger partial charge in [-0.2, -0.15) is 5.26 Å². The lowest BCUT2D eigenvalue weighted by Gasteiger charge is -2.21. The summed E-state index contributed by atoms with van der Waals surface area (Å²) in [5, 5.41) is 15.3. The molecule has 1 aliphatic rings. The molecular weight excluding hydrogens is 438 g/mol. The van der Waals surface area contributed by atoms with Gasteiger partial charge in [-0.05, 0) is 41.3 Å². The summed E-state index contributed by atoms with van der Waals surface area (Å²) in [5.41, 5.74) is 3.81. The molecule has 2 N–H and O–H groups in total. The van der Waals surface area contributed by atoms with Gasteiger partial charge in [0.1, 0.15) is 11.9 Å². The largest absolute Gasteiger partial charge is 0.309 e. The first-order valence-corrected chi connectivity index (χ1v) is 11.4. The van der Waals surface area contributed by atoms with E-state index in [0.29, 0.717) is 35.6 Å². The molecule has 7 heteroatoms. The van der Waals surface area contributed by atoms with Gasteiger partial charge < -0.3 is 10.6 Å². The topological polar surface area (TPSA) is 107 Å². The second-order valence-corrected chi connectivity index (χ2v) is 8.32. The maximum atomic E-state index is 13.2. The Morgan fingerprint density at radius 1 is 1.06 bits per heavy atom. The number of ketones is 1. The van der Waals surface area contributed by atoms with Crippen molar-refractivity contribution in [1.29, 1.82) is 5.26 Å². The summed E-state index contributed by atoms with van der Waals surface area (Å²) in [5.74, 6) is 0.312. The molecule has 2 heterocycles. The Hall–Kier alpha value is -4.41. The van der Waals surface area contributed by atoms with Crippen LogP contribution in [0.1, 0.15) is 47.6 Å². The Bertz CT molecular complexity index is 1290. The molecule has 0 bridgehead atoms. The van der Waals surface area contributed by atoms with E-state index < -0.39 is 6.04 Å². The summed E-state index contributed by atoms with van der Waals surface area (Å²) in [6, 6.07) is 22.0. The molecule has 0 aliphatic carbocycles. The summed E-state index contributed by atoms with van der Waals surface area (Å²) >= 11 is 0. The van der Waals surface area contributed by atoms with Crippen LogP contribution in [0, 0.1) is 11.3 Å². The van der Waals surface area contributed by atoms with E-state index in [9.17, 15) is 9.59 Å².